The van der Waals surface area contributed by atoms with Gasteiger partial charge in [0.2, 0.25) is 0 Å². The normalized spacial score (nSPS) is 13.6. The summed E-state index contributed by atoms with van der Waals surface area (Å²) in [6.45, 7) is 4.31. The van der Waals surface area contributed by atoms with Crippen LogP contribution in [0.15, 0.2) is 28.9 Å². The first-order valence-corrected chi connectivity index (χ1v) is 6.30. The van der Waals surface area contributed by atoms with Gasteiger partial charge in [-0.25, -0.2) is 0 Å². The standard InChI is InChI=1S/C13H17BrN2/c1-8(2)13(15)11-7-16(3)12-5-4-9(14)6-10(11)12/h4-8,13H,15H2,1-3H3. The van der Waals surface area contributed by atoms with Crippen LogP contribution in [0.5, 0.6) is 0 Å². The molecule has 0 radical (unpaired) electrons. The highest BCUT2D eigenvalue weighted by Crippen LogP contribution is 2.30. The van der Waals surface area contributed by atoms with Crippen LogP contribution in [0.25, 0.3) is 10.9 Å². The molecule has 16 heavy (non-hydrogen) atoms. The molecule has 1 aromatic carbocycles. The summed E-state index contributed by atoms with van der Waals surface area (Å²) in [5, 5.41) is 1.25. The summed E-state index contributed by atoms with van der Waals surface area (Å²) in [6.07, 6.45) is 2.14. The molecule has 0 aliphatic rings. The Morgan fingerprint density at radius 3 is 2.62 bits per heavy atom. The summed E-state index contributed by atoms with van der Waals surface area (Å²) in [5.41, 5.74) is 8.70. The van der Waals surface area contributed by atoms with E-state index in [1.807, 2.05) is 0 Å². The third-order valence-electron chi connectivity index (χ3n) is 3.06. The lowest BCUT2D eigenvalue weighted by Crippen LogP contribution is -2.16. The van der Waals surface area contributed by atoms with E-state index in [1.165, 1.54) is 16.5 Å². The number of aryl methyl sites for hydroxylation is 1. The van der Waals surface area contributed by atoms with E-state index in [-0.39, 0.29) is 6.04 Å². The number of benzene rings is 1. The van der Waals surface area contributed by atoms with Crippen LogP contribution in [0.2, 0.25) is 0 Å². The third-order valence-corrected chi connectivity index (χ3v) is 3.55. The van der Waals surface area contributed by atoms with E-state index in [4.69, 9.17) is 5.73 Å². The van der Waals surface area contributed by atoms with Crippen molar-refractivity contribution in [3.05, 3.63) is 34.4 Å². The van der Waals surface area contributed by atoms with Crippen molar-refractivity contribution in [1.29, 1.82) is 0 Å². The molecule has 2 aromatic rings. The van der Waals surface area contributed by atoms with Crippen molar-refractivity contribution in [3.8, 4) is 0 Å². The number of aromatic nitrogens is 1. The molecule has 0 saturated carbocycles. The molecule has 2 N–H and O–H groups in total. The molecule has 2 nitrogen and oxygen atoms in total. The van der Waals surface area contributed by atoms with E-state index >= 15 is 0 Å². The van der Waals surface area contributed by atoms with E-state index in [9.17, 15) is 0 Å². The van der Waals surface area contributed by atoms with Gasteiger partial charge < -0.3 is 10.3 Å². The number of hydrogen-bond donors (Lipinski definition) is 1. The number of rotatable bonds is 2. The first-order valence-electron chi connectivity index (χ1n) is 5.50. The van der Waals surface area contributed by atoms with E-state index in [0.29, 0.717) is 5.92 Å². The molecule has 1 heterocycles. The average Bonchev–Trinajstić information content (AvgIpc) is 2.54. The van der Waals surface area contributed by atoms with Gasteiger partial charge in [0.15, 0.2) is 0 Å². The zero-order chi connectivity index (χ0) is 11.9. The van der Waals surface area contributed by atoms with Crippen molar-refractivity contribution in [2.45, 2.75) is 19.9 Å². The Balaban J connectivity index is 2.66. The molecular weight excluding hydrogens is 264 g/mol. The molecule has 0 aliphatic carbocycles. The van der Waals surface area contributed by atoms with E-state index < -0.39 is 0 Å². The monoisotopic (exact) mass is 280 g/mol. The fraction of sp³-hybridized carbons (Fsp3) is 0.385. The number of fused-ring (bicyclic) bond motifs is 1. The summed E-state index contributed by atoms with van der Waals surface area (Å²) in [4.78, 5) is 0. The van der Waals surface area contributed by atoms with Crippen LogP contribution in [-0.2, 0) is 7.05 Å². The molecule has 0 fully saturated rings. The fourth-order valence-electron chi connectivity index (χ4n) is 2.02. The van der Waals surface area contributed by atoms with Gasteiger partial charge in [0.25, 0.3) is 0 Å². The zero-order valence-corrected chi connectivity index (χ0v) is 11.5. The summed E-state index contributed by atoms with van der Waals surface area (Å²) >= 11 is 3.51. The predicted molar refractivity (Wildman–Crippen MR) is 72.4 cm³/mol. The lowest BCUT2D eigenvalue weighted by atomic mass is 9.97. The van der Waals surface area contributed by atoms with Crippen molar-refractivity contribution in [2.75, 3.05) is 0 Å². The highest BCUT2D eigenvalue weighted by molar-refractivity contribution is 9.10. The van der Waals surface area contributed by atoms with Gasteiger partial charge in [0.1, 0.15) is 0 Å². The Hall–Kier alpha value is -0.800. The summed E-state index contributed by atoms with van der Waals surface area (Å²) in [7, 11) is 2.06. The Morgan fingerprint density at radius 2 is 2.00 bits per heavy atom. The number of hydrogen-bond acceptors (Lipinski definition) is 1. The smallest absolute Gasteiger partial charge is 0.0481 e. The van der Waals surface area contributed by atoms with E-state index in [1.54, 1.807) is 0 Å². The maximum absolute atomic E-state index is 6.24. The molecule has 1 aromatic heterocycles. The Bertz CT molecular complexity index is 514. The van der Waals surface area contributed by atoms with Crippen LogP contribution >= 0.6 is 15.9 Å². The van der Waals surface area contributed by atoms with Crippen molar-refractivity contribution in [1.82, 2.24) is 4.57 Å². The summed E-state index contributed by atoms with van der Waals surface area (Å²) in [5.74, 6) is 0.449. The molecule has 86 valence electrons. The minimum Gasteiger partial charge on any atom is -0.350 e. The van der Waals surface area contributed by atoms with Crippen molar-refractivity contribution >= 4 is 26.8 Å². The highest BCUT2D eigenvalue weighted by atomic mass is 79.9. The van der Waals surface area contributed by atoms with Crippen molar-refractivity contribution in [3.63, 3.8) is 0 Å². The first kappa shape index (κ1) is 11.7. The van der Waals surface area contributed by atoms with Crippen LogP contribution < -0.4 is 5.73 Å². The topological polar surface area (TPSA) is 30.9 Å². The van der Waals surface area contributed by atoms with Gasteiger partial charge >= 0.3 is 0 Å². The van der Waals surface area contributed by atoms with E-state index in [0.717, 1.165) is 4.47 Å². The molecule has 0 bridgehead atoms. The van der Waals surface area contributed by atoms with Crippen molar-refractivity contribution in [2.24, 2.45) is 18.7 Å². The second-order valence-corrected chi connectivity index (χ2v) is 5.54. The highest BCUT2D eigenvalue weighted by Gasteiger charge is 2.16. The maximum Gasteiger partial charge on any atom is 0.0481 e. The minimum atomic E-state index is 0.0954. The second kappa shape index (κ2) is 4.22. The first-order chi connectivity index (χ1) is 7.50. The molecule has 1 atom stereocenters. The molecular formula is C13H17BrN2. The van der Waals surface area contributed by atoms with Gasteiger partial charge in [-0.1, -0.05) is 29.8 Å². The van der Waals surface area contributed by atoms with Gasteiger partial charge in [-0.2, -0.15) is 0 Å². The van der Waals surface area contributed by atoms with Gasteiger partial charge in [-0.15, -0.1) is 0 Å². The van der Waals surface area contributed by atoms with Crippen LogP contribution in [0.1, 0.15) is 25.5 Å². The molecule has 1 unspecified atom stereocenters. The van der Waals surface area contributed by atoms with E-state index in [2.05, 4.69) is 65.8 Å². The Morgan fingerprint density at radius 1 is 1.31 bits per heavy atom. The van der Waals surface area contributed by atoms with Crippen molar-refractivity contribution < 1.29 is 0 Å². The predicted octanol–water partition coefficient (Wildman–Crippen LogP) is 3.60. The maximum atomic E-state index is 6.24. The van der Waals surface area contributed by atoms with Gasteiger partial charge in [0, 0.05) is 34.7 Å². The van der Waals surface area contributed by atoms with Gasteiger partial charge in [0.05, 0.1) is 0 Å². The molecule has 0 aliphatic heterocycles. The molecule has 0 saturated heterocycles. The zero-order valence-electron chi connectivity index (χ0n) is 9.87. The number of halogens is 1. The van der Waals surface area contributed by atoms with Crippen LogP contribution in [0, 0.1) is 5.92 Å². The lowest BCUT2D eigenvalue weighted by Gasteiger charge is -2.14. The lowest BCUT2D eigenvalue weighted by molar-refractivity contribution is 0.516. The van der Waals surface area contributed by atoms with Crippen LogP contribution in [0.3, 0.4) is 0 Å². The number of nitrogens with two attached hydrogens (primary N) is 1. The minimum absolute atomic E-state index is 0.0954. The Kier molecular flexibility index (Phi) is 3.08. The molecule has 0 amide bonds. The molecule has 0 spiro atoms. The van der Waals surface area contributed by atoms with Gasteiger partial charge in [-0.05, 0) is 29.7 Å². The molecule has 3 heteroatoms. The average molecular weight is 281 g/mol. The quantitative estimate of drug-likeness (QED) is 0.896. The SMILES string of the molecule is CC(C)C(N)c1cn(C)c2ccc(Br)cc12. The van der Waals surface area contributed by atoms with Crippen LogP contribution in [0.4, 0.5) is 0 Å². The summed E-state index contributed by atoms with van der Waals surface area (Å²) in [6, 6.07) is 6.42. The second-order valence-electron chi connectivity index (χ2n) is 4.63. The number of nitrogens with zero attached hydrogens (tertiary/aromatic N) is 1. The fourth-order valence-corrected chi connectivity index (χ4v) is 2.38. The largest absolute Gasteiger partial charge is 0.350 e. The molecule has 2 rings (SSSR count). The van der Waals surface area contributed by atoms with Gasteiger partial charge in [-0.3, -0.25) is 0 Å². The third kappa shape index (κ3) is 1.89. The van der Waals surface area contributed by atoms with Crippen LogP contribution in [-0.4, -0.2) is 4.57 Å². The summed E-state index contributed by atoms with van der Waals surface area (Å²) < 4.78 is 3.24. The Labute approximate surface area is 105 Å².